The topological polar surface area (TPSA) is 106 Å². The summed E-state index contributed by atoms with van der Waals surface area (Å²) in [7, 11) is 0. The summed E-state index contributed by atoms with van der Waals surface area (Å²) in [4.78, 5) is 36.5. The smallest absolute Gasteiger partial charge is 0.251 e. The minimum Gasteiger partial charge on any atom is -0.454 e. The van der Waals surface area contributed by atoms with E-state index in [-0.39, 0.29) is 37.0 Å². The number of ketones is 1. The molecule has 2 amide bonds. The van der Waals surface area contributed by atoms with Gasteiger partial charge in [-0.15, -0.1) is 0 Å². The van der Waals surface area contributed by atoms with Crippen LogP contribution in [0.2, 0.25) is 0 Å². The molecule has 0 aliphatic carbocycles. The number of benzene rings is 2. The average molecular weight is 411 g/mol. The van der Waals surface area contributed by atoms with Gasteiger partial charge in [0, 0.05) is 28.9 Å². The highest BCUT2D eigenvalue weighted by Crippen LogP contribution is 2.37. The lowest BCUT2D eigenvalue weighted by Crippen LogP contribution is -2.30. The minimum atomic E-state index is -0.322. The van der Waals surface area contributed by atoms with E-state index in [2.05, 4.69) is 16.0 Å². The number of aryl methyl sites for hydroxylation is 1. The normalized spacial score (nSPS) is 11.9. The first-order valence-electron chi connectivity index (χ1n) is 9.64. The van der Waals surface area contributed by atoms with Crippen LogP contribution in [0.5, 0.6) is 11.5 Å². The number of Topliss-reactive ketones (excluding diaryl/α,β-unsaturated/α-hetero) is 1. The van der Waals surface area contributed by atoms with Crippen LogP contribution in [-0.2, 0) is 4.79 Å². The van der Waals surface area contributed by atoms with Gasteiger partial charge in [0.25, 0.3) is 5.91 Å². The van der Waals surface area contributed by atoms with E-state index < -0.39 is 0 Å². The summed E-state index contributed by atoms with van der Waals surface area (Å²) < 4.78 is 10.6. The van der Waals surface area contributed by atoms with Crippen molar-refractivity contribution in [3.63, 3.8) is 0 Å². The number of nitrogens with one attached hydrogen (secondary N) is 3. The summed E-state index contributed by atoms with van der Waals surface area (Å²) in [6.45, 7) is 7.15. The SMILES string of the molecule is CC(=O)c1cc2c(cc1NC(=O)CNc1ccc(C(=O)NC(C)C)cc1C)OCO2. The molecule has 1 aliphatic rings. The predicted octanol–water partition coefficient (Wildman–Crippen LogP) is 3.12. The molecule has 3 rings (SSSR count). The number of rotatable bonds is 7. The maximum Gasteiger partial charge on any atom is 0.251 e. The first-order chi connectivity index (χ1) is 14.2. The van der Waals surface area contributed by atoms with Crippen molar-refractivity contribution in [2.45, 2.75) is 33.7 Å². The Labute approximate surface area is 174 Å². The first-order valence-corrected chi connectivity index (χ1v) is 9.64. The van der Waals surface area contributed by atoms with Gasteiger partial charge in [0.2, 0.25) is 12.7 Å². The highest BCUT2D eigenvalue weighted by Gasteiger charge is 2.20. The number of amides is 2. The van der Waals surface area contributed by atoms with E-state index in [4.69, 9.17) is 9.47 Å². The maximum absolute atomic E-state index is 12.4. The van der Waals surface area contributed by atoms with Crippen molar-refractivity contribution < 1.29 is 23.9 Å². The fraction of sp³-hybridized carbons (Fsp3) is 0.318. The minimum absolute atomic E-state index is 0.00976. The molecule has 0 unspecified atom stereocenters. The molecule has 1 heterocycles. The van der Waals surface area contributed by atoms with Gasteiger partial charge in [-0.3, -0.25) is 14.4 Å². The van der Waals surface area contributed by atoms with Gasteiger partial charge >= 0.3 is 0 Å². The van der Waals surface area contributed by atoms with Crippen LogP contribution in [0.1, 0.15) is 47.1 Å². The van der Waals surface area contributed by atoms with Crippen molar-refractivity contribution in [2.24, 2.45) is 0 Å². The molecule has 0 aromatic heterocycles. The molecular formula is C22H25N3O5. The standard InChI is InChI=1S/C22H25N3O5/c1-12(2)24-22(28)15-5-6-17(13(3)7-15)23-10-21(27)25-18-9-20-19(29-11-30-20)8-16(18)14(4)26/h5-9,12,23H,10-11H2,1-4H3,(H,24,28)(H,25,27). The van der Waals surface area contributed by atoms with Crippen LogP contribution in [0.4, 0.5) is 11.4 Å². The molecule has 0 atom stereocenters. The van der Waals surface area contributed by atoms with E-state index in [1.807, 2.05) is 20.8 Å². The third kappa shape index (κ3) is 4.89. The summed E-state index contributed by atoms with van der Waals surface area (Å²) in [5.74, 6) is 0.305. The van der Waals surface area contributed by atoms with Gasteiger partial charge < -0.3 is 25.4 Å². The van der Waals surface area contributed by atoms with Crippen molar-refractivity contribution in [2.75, 3.05) is 24.0 Å². The molecule has 8 nitrogen and oxygen atoms in total. The van der Waals surface area contributed by atoms with Crippen molar-refractivity contribution in [3.05, 3.63) is 47.0 Å². The first kappa shape index (κ1) is 21.2. The Kier molecular flexibility index (Phi) is 6.25. The monoisotopic (exact) mass is 411 g/mol. The number of fused-ring (bicyclic) bond motifs is 1. The zero-order chi connectivity index (χ0) is 21.8. The molecule has 0 fully saturated rings. The highest BCUT2D eigenvalue weighted by molar-refractivity contribution is 6.05. The quantitative estimate of drug-likeness (QED) is 0.605. The van der Waals surface area contributed by atoms with E-state index in [0.29, 0.717) is 28.3 Å². The van der Waals surface area contributed by atoms with Crippen molar-refractivity contribution in [3.8, 4) is 11.5 Å². The van der Waals surface area contributed by atoms with E-state index in [9.17, 15) is 14.4 Å². The van der Waals surface area contributed by atoms with Crippen LogP contribution >= 0.6 is 0 Å². The lowest BCUT2D eigenvalue weighted by atomic mass is 10.1. The molecule has 0 saturated carbocycles. The molecule has 2 aromatic carbocycles. The zero-order valence-corrected chi connectivity index (χ0v) is 17.4. The Hall–Kier alpha value is -3.55. The van der Waals surface area contributed by atoms with Gasteiger partial charge in [-0.1, -0.05) is 0 Å². The van der Waals surface area contributed by atoms with Crippen molar-refractivity contribution in [1.82, 2.24) is 5.32 Å². The number of hydrogen-bond donors (Lipinski definition) is 3. The lowest BCUT2D eigenvalue weighted by molar-refractivity contribution is -0.114. The molecule has 158 valence electrons. The lowest BCUT2D eigenvalue weighted by Gasteiger charge is -2.14. The summed E-state index contributed by atoms with van der Waals surface area (Å²) in [6.07, 6.45) is 0. The number of hydrogen-bond acceptors (Lipinski definition) is 6. The molecule has 8 heteroatoms. The van der Waals surface area contributed by atoms with Crippen LogP contribution in [0.15, 0.2) is 30.3 Å². The Morgan fingerprint density at radius 1 is 1.03 bits per heavy atom. The third-order valence-electron chi connectivity index (χ3n) is 4.51. The van der Waals surface area contributed by atoms with Gasteiger partial charge in [0.15, 0.2) is 17.3 Å². The molecule has 0 bridgehead atoms. The summed E-state index contributed by atoms with van der Waals surface area (Å²) in [6, 6.07) is 8.44. The Balaban J connectivity index is 1.65. The van der Waals surface area contributed by atoms with E-state index in [1.165, 1.54) is 6.92 Å². The molecule has 2 aromatic rings. The van der Waals surface area contributed by atoms with Crippen LogP contribution < -0.4 is 25.4 Å². The predicted molar refractivity (Wildman–Crippen MR) is 113 cm³/mol. The Morgan fingerprint density at radius 2 is 1.73 bits per heavy atom. The van der Waals surface area contributed by atoms with Crippen LogP contribution in [0, 0.1) is 6.92 Å². The van der Waals surface area contributed by atoms with Gasteiger partial charge in [0.05, 0.1) is 12.2 Å². The fourth-order valence-electron chi connectivity index (χ4n) is 3.06. The highest BCUT2D eigenvalue weighted by atomic mass is 16.7. The maximum atomic E-state index is 12.4. The van der Waals surface area contributed by atoms with Gasteiger partial charge in [-0.2, -0.15) is 0 Å². The Morgan fingerprint density at radius 3 is 2.37 bits per heavy atom. The molecule has 0 saturated heterocycles. The number of carbonyl (C=O) groups excluding carboxylic acids is 3. The largest absolute Gasteiger partial charge is 0.454 e. The van der Waals surface area contributed by atoms with Gasteiger partial charge in [-0.05, 0) is 57.5 Å². The molecule has 1 aliphatic heterocycles. The van der Waals surface area contributed by atoms with Crippen molar-refractivity contribution in [1.29, 1.82) is 0 Å². The molecule has 0 radical (unpaired) electrons. The van der Waals surface area contributed by atoms with Crippen LogP contribution in [0.25, 0.3) is 0 Å². The Bertz CT molecular complexity index is 1000. The fourth-order valence-corrected chi connectivity index (χ4v) is 3.06. The zero-order valence-electron chi connectivity index (χ0n) is 17.4. The summed E-state index contributed by atoms with van der Waals surface area (Å²) in [5.41, 5.74) is 2.86. The van der Waals surface area contributed by atoms with E-state index in [1.54, 1.807) is 30.3 Å². The average Bonchev–Trinajstić information content (AvgIpc) is 3.13. The summed E-state index contributed by atoms with van der Waals surface area (Å²) >= 11 is 0. The number of ether oxygens (including phenoxy) is 2. The van der Waals surface area contributed by atoms with E-state index >= 15 is 0 Å². The van der Waals surface area contributed by atoms with Gasteiger partial charge in [-0.25, -0.2) is 0 Å². The molecular weight excluding hydrogens is 386 g/mol. The molecule has 0 spiro atoms. The van der Waals surface area contributed by atoms with E-state index in [0.717, 1.165) is 11.3 Å². The number of anilines is 2. The summed E-state index contributed by atoms with van der Waals surface area (Å²) in [5, 5.41) is 8.64. The molecule has 3 N–H and O–H groups in total. The van der Waals surface area contributed by atoms with Crippen LogP contribution in [0.3, 0.4) is 0 Å². The molecule has 30 heavy (non-hydrogen) atoms. The third-order valence-corrected chi connectivity index (χ3v) is 4.51. The second kappa shape index (κ2) is 8.86. The number of carbonyl (C=O) groups is 3. The van der Waals surface area contributed by atoms with Crippen molar-refractivity contribution >= 4 is 29.0 Å². The van der Waals surface area contributed by atoms with Crippen LogP contribution in [-0.4, -0.2) is 37.0 Å². The second-order valence-electron chi connectivity index (χ2n) is 7.37. The second-order valence-corrected chi connectivity index (χ2v) is 7.37. The van der Waals surface area contributed by atoms with Gasteiger partial charge in [0.1, 0.15) is 0 Å².